The number of hydrogen-bond donors (Lipinski definition) is 2. The summed E-state index contributed by atoms with van der Waals surface area (Å²) < 4.78 is 43.8. The molecule has 106 valence electrons. The third-order valence-electron chi connectivity index (χ3n) is 1.95. The van der Waals surface area contributed by atoms with Gasteiger partial charge in [-0.25, -0.2) is 0 Å². The van der Waals surface area contributed by atoms with Gasteiger partial charge >= 0.3 is 6.36 Å². The first-order chi connectivity index (χ1) is 8.85. The molecule has 5 nitrogen and oxygen atoms in total. The van der Waals surface area contributed by atoms with E-state index in [0.29, 0.717) is 0 Å². The molecule has 19 heavy (non-hydrogen) atoms. The van der Waals surface area contributed by atoms with Crippen LogP contribution in [0.15, 0.2) is 23.4 Å². The highest BCUT2D eigenvalue weighted by molar-refractivity contribution is 6.34. The average Bonchev–Trinajstić information content (AvgIpc) is 2.33. The number of amidine groups is 1. The number of alkyl halides is 3. The van der Waals surface area contributed by atoms with Gasteiger partial charge in [0.15, 0.2) is 5.84 Å². The van der Waals surface area contributed by atoms with E-state index in [1.54, 1.807) is 0 Å². The first-order valence-electron chi connectivity index (χ1n) is 4.95. The maximum absolute atomic E-state index is 11.7. The van der Waals surface area contributed by atoms with Crippen molar-refractivity contribution in [2.45, 2.75) is 6.36 Å². The summed E-state index contributed by atoms with van der Waals surface area (Å²) in [6.07, 6.45) is -4.72. The molecule has 0 fully saturated rings. The zero-order valence-corrected chi connectivity index (χ0v) is 10.2. The number of ether oxygens (including phenoxy) is 2. The van der Waals surface area contributed by atoms with E-state index in [0.717, 1.165) is 0 Å². The monoisotopic (exact) mass is 298 g/mol. The highest BCUT2D eigenvalue weighted by Crippen LogP contribution is 2.26. The van der Waals surface area contributed by atoms with E-state index in [-0.39, 0.29) is 28.8 Å². The molecule has 1 aromatic rings. The zero-order chi connectivity index (χ0) is 14.5. The Hall–Kier alpha value is -1.67. The smallest absolute Gasteiger partial charge is 0.490 e. The van der Waals surface area contributed by atoms with Crippen molar-refractivity contribution in [3.05, 3.63) is 28.8 Å². The van der Waals surface area contributed by atoms with Gasteiger partial charge in [-0.2, -0.15) is 0 Å². The molecular formula is C10H10ClF3N2O3. The van der Waals surface area contributed by atoms with Crippen molar-refractivity contribution in [3.63, 3.8) is 0 Å². The fourth-order valence-corrected chi connectivity index (χ4v) is 1.49. The van der Waals surface area contributed by atoms with Crippen LogP contribution in [-0.2, 0) is 4.74 Å². The van der Waals surface area contributed by atoms with Crippen LogP contribution in [0.4, 0.5) is 13.2 Å². The molecule has 3 N–H and O–H groups in total. The molecule has 0 saturated carbocycles. The second-order valence-electron chi connectivity index (χ2n) is 3.24. The molecule has 0 aromatic heterocycles. The van der Waals surface area contributed by atoms with Crippen LogP contribution in [0.3, 0.4) is 0 Å². The Labute approximate surface area is 111 Å². The molecule has 0 bridgehead atoms. The van der Waals surface area contributed by atoms with Gasteiger partial charge in [-0.15, -0.1) is 13.2 Å². The predicted molar refractivity (Wildman–Crippen MR) is 61.5 cm³/mol. The lowest BCUT2D eigenvalue weighted by atomic mass is 10.2. The fourth-order valence-electron chi connectivity index (χ4n) is 1.23. The van der Waals surface area contributed by atoms with Crippen LogP contribution in [0.25, 0.3) is 0 Å². The van der Waals surface area contributed by atoms with Gasteiger partial charge in [0.25, 0.3) is 0 Å². The summed E-state index contributed by atoms with van der Waals surface area (Å²) in [5.41, 5.74) is 5.49. The molecule has 0 aliphatic rings. The second-order valence-corrected chi connectivity index (χ2v) is 3.65. The van der Waals surface area contributed by atoms with Crippen molar-refractivity contribution in [1.29, 1.82) is 0 Å². The molecule has 1 aromatic carbocycles. The van der Waals surface area contributed by atoms with Crippen LogP contribution >= 0.6 is 11.6 Å². The van der Waals surface area contributed by atoms with Gasteiger partial charge in [0.05, 0.1) is 17.2 Å². The molecule has 0 radical (unpaired) electrons. The van der Waals surface area contributed by atoms with E-state index in [4.69, 9.17) is 27.3 Å². The Morgan fingerprint density at radius 2 is 2.05 bits per heavy atom. The van der Waals surface area contributed by atoms with E-state index in [1.807, 2.05) is 0 Å². The van der Waals surface area contributed by atoms with Crippen LogP contribution < -0.4 is 10.5 Å². The molecule has 0 aliphatic heterocycles. The molecule has 9 heteroatoms. The minimum atomic E-state index is -4.72. The summed E-state index contributed by atoms with van der Waals surface area (Å²) in [5.74, 6) is -0.217. The topological polar surface area (TPSA) is 77.1 Å². The molecular weight excluding hydrogens is 289 g/mol. The lowest BCUT2D eigenvalue weighted by Crippen LogP contribution is -2.20. The Bertz CT molecular complexity index is 466. The van der Waals surface area contributed by atoms with Gasteiger partial charge in [0, 0.05) is 0 Å². The van der Waals surface area contributed by atoms with E-state index < -0.39 is 13.0 Å². The molecule has 0 heterocycles. The first kappa shape index (κ1) is 15.4. The molecule has 0 spiro atoms. The Balaban J connectivity index is 2.71. The lowest BCUT2D eigenvalue weighted by Gasteiger charge is -2.12. The van der Waals surface area contributed by atoms with Crippen molar-refractivity contribution in [2.24, 2.45) is 10.9 Å². The van der Waals surface area contributed by atoms with E-state index in [9.17, 15) is 13.2 Å². The van der Waals surface area contributed by atoms with Crippen LogP contribution in [-0.4, -0.2) is 30.6 Å². The average molecular weight is 299 g/mol. The van der Waals surface area contributed by atoms with Crippen LogP contribution in [0.5, 0.6) is 5.75 Å². The molecule has 0 aliphatic carbocycles. The van der Waals surface area contributed by atoms with Crippen LogP contribution in [0, 0.1) is 0 Å². The van der Waals surface area contributed by atoms with Gasteiger partial charge < -0.3 is 15.7 Å². The van der Waals surface area contributed by atoms with Crippen molar-refractivity contribution < 1.29 is 27.9 Å². The van der Waals surface area contributed by atoms with Gasteiger partial charge in [0.1, 0.15) is 12.4 Å². The molecule has 1 rings (SSSR count). The molecule has 0 amide bonds. The van der Waals surface area contributed by atoms with Crippen molar-refractivity contribution in [2.75, 3.05) is 13.2 Å². The van der Waals surface area contributed by atoms with Crippen LogP contribution in [0.1, 0.15) is 5.56 Å². The minimum absolute atomic E-state index is 0.0913. The third kappa shape index (κ3) is 4.84. The van der Waals surface area contributed by atoms with Gasteiger partial charge in [0.2, 0.25) is 0 Å². The normalized spacial score (nSPS) is 12.5. The Kier molecular flexibility index (Phi) is 5.25. The number of nitrogens with two attached hydrogens (primary N) is 1. The number of rotatable bonds is 5. The number of hydrogen-bond acceptors (Lipinski definition) is 4. The Morgan fingerprint density at radius 3 is 2.63 bits per heavy atom. The molecule has 0 atom stereocenters. The summed E-state index contributed by atoms with van der Waals surface area (Å²) in [6, 6.07) is 4.40. The summed E-state index contributed by atoms with van der Waals surface area (Å²) in [5, 5.41) is 11.5. The standard InChI is InChI=1S/C10H10ClF3N2O3/c11-6-2-1-3-7(8(6)9(15)16-17)18-4-5-19-10(12,13)14/h1-3,17H,4-5H2,(H2,15,16). The fraction of sp³-hybridized carbons (Fsp3) is 0.300. The van der Waals surface area contributed by atoms with Gasteiger partial charge in [-0.1, -0.05) is 22.8 Å². The third-order valence-corrected chi connectivity index (χ3v) is 2.26. The summed E-state index contributed by atoms with van der Waals surface area (Å²) >= 11 is 5.83. The maximum Gasteiger partial charge on any atom is 0.522 e. The number of nitrogens with zero attached hydrogens (tertiary/aromatic N) is 1. The number of benzene rings is 1. The SMILES string of the molecule is N/C(=N/O)c1c(Cl)cccc1OCCOC(F)(F)F. The number of halogens is 4. The van der Waals surface area contributed by atoms with Crippen LogP contribution in [0.2, 0.25) is 5.02 Å². The van der Waals surface area contributed by atoms with E-state index >= 15 is 0 Å². The van der Waals surface area contributed by atoms with E-state index in [1.165, 1.54) is 18.2 Å². The first-order valence-corrected chi connectivity index (χ1v) is 5.33. The predicted octanol–water partition coefficient (Wildman–Crippen LogP) is 2.35. The molecule has 0 saturated heterocycles. The highest BCUT2D eigenvalue weighted by atomic mass is 35.5. The molecule has 0 unspecified atom stereocenters. The minimum Gasteiger partial charge on any atom is -0.490 e. The number of oxime groups is 1. The zero-order valence-electron chi connectivity index (χ0n) is 9.45. The highest BCUT2D eigenvalue weighted by Gasteiger charge is 2.28. The maximum atomic E-state index is 11.7. The largest absolute Gasteiger partial charge is 0.522 e. The Morgan fingerprint density at radius 1 is 1.37 bits per heavy atom. The van der Waals surface area contributed by atoms with Crippen molar-refractivity contribution in [3.8, 4) is 5.75 Å². The van der Waals surface area contributed by atoms with Gasteiger partial charge in [-0.3, -0.25) is 4.74 Å². The quantitative estimate of drug-likeness (QED) is 0.288. The summed E-state index contributed by atoms with van der Waals surface area (Å²) in [4.78, 5) is 0. The lowest BCUT2D eigenvalue weighted by molar-refractivity contribution is -0.325. The van der Waals surface area contributed by atoms with E-state index in [2.05, 4.69) is 9.89 Å². The summed E-state index contributed by atoms with van der Waals surface area (Å²) in [6.45, 7) is -1.06. The van der Waals surface area contributed by atoms with Gasteiger partial charge in [-0.05, 0) is 12.1 Å². The van der Waals surface area contributed by atoms with Crippen molar-refractivity contribution >= 4 is 17.4 Å². The summed E-state index contributed by atoms with van der Waals surface area (Å²) in [7, 11) is 0. The second kappa shape index (κ2) is 6.48. The van der Waals surface area contributed by atoms with Crippen molar-refractivity contribution in [1.82, 2.24) is 0 Å².